The van der Waals surface area contributed by atoms with E-state index in [0.717, 1.165) is 11.3 Å². The van der Waals surface area contributed by atoms with E-state index in [-0.39, 0.29) is 23.9 Å². The maximum atomic E-state index is 12.3. The van der Waals surface area contributed by atoms with Crippen LogP contribution in [0, 0.1) is 0 Å². The van der Waals surface area contributed by atoms with E-state index < -0.39 is 15.4 Å². The second-order valence-electron chi connectivity index (χ2n) is 7.32. The minimum atomic E-state index is -3.27. The number of esters is 1. The van der Waals surface area contributed by atoms with Crippen molar-refractivity contribution in [3.63, 3.8) is 0 Å². The largest absolute Gasteiger partial charge is 0.461 e. The molecule has 1 unspecified atom stereocenters. The van der Waals surface area contributed by atoms with Crippen LogP contribution in [0.5, 0.6) is 0 Å². The van der Waals surface area contributed by atoms with Crippen LogP contribution in [0.4, 0.5) is 5.69 Å². The molecule has 1 atom stereocenters. The van der Waals surface area contributed by atoms with Crippen molar-refractivity contribution in [3.8, 4) is 0 Å². The van der Waals surface area contributed by atoms with Gasteiger partial charge in [0.05, 0.1) is 17.0 Å². The third kappa shape index (κ3) is 7.44. The molecule has 164 valence electrons. The topological polar surface area (TPSA) is 108 Å². The van der Waals surface area contributed by atoms with Gasteiger partial charge in [0.2, 0.25) is 0 Å². The van der Waals surface area contributed by atoms with Gasteiger partial charge in [0.1, 0.15) is 6.61 Å². The van der Waals surface area contributed by atoms with Gasteiger partial charge in [0.15, 0.2) is 9.84 Å². The molecule has 0 heterocycles. The van der Waals surface area contributed by atoms with E-state index in [1.807, 2.05) is 30.3 Å². The van der Waals surface area contributed by atoms with Gasteiger partial charge < -0.3 is 20.5 Å². The van der Waals surface area contributed by atoms with Crippen molar-refractivity contribution in [3.05, 3.63) is 60.2 Å². The van der Waals surface area contributed by atoms with Gasteiger partial charge in [-0.15, -0.1) is 0 Å². The van der Waals surface area contributed by atoms with Crippen molar-refractivity contribution in [2.24, 2.45) is 5.73 Å². The number of sulfone groups is 1. The number of nitrogens with one attached hydrogen (secondary N) is 1. The van der Waals surface area contributed by atoms with Crippen molar-refractivity contribution in [1.82, 2.24) is 0 Å². The molecule has 2 rings (SSSR count). The lowest BCUT2D eigenvalue weighted by molar-refractivity contribution is -0.145. The van der Waals surface area contributed by atoms with Crippen LogP contribution in [-0.2, 0) is 30.7 Å². The Labute approximate surface area is 178 Å². The zero-order valence-electron chi connectivity index (χ0n) is 17.5. The maximum absolute atomic E-state index is 12.3. The Kier molecular flexibility index (Phi) is 8.83. The Morgan fingerprint density at radius 3 is 2.30 bits per heavy atom. The van der Waals surface area contributed by atoms with Crippen LogP contribution in [0.25, 0.3) is 0 Å². The normalized spacial score (nSPS) is 13.4. The minimum absolute atomic E-state index is 0.199. The molecule has 0 aliphatic carbocycles. The summed E-state index contributed by atoms with van der Waals surface area (Å²) >= 11 is 0. The van der Waals surface area contributed by atoms with Gasteiger partial charge >= 0.3 is 5.97 Å². The summed E-state index contributed by atoms with van der Waals surface area (Å²) in [5.74, 6) is -0.300. The second kappa shape index (κ2) is 11.1. The van der Waals surface area contributed by atoms with E-state index in [4.69, 9.17) is 15.2 Å². The number of carbonyl (C=O) groups is 1. The van der Waals surface area contributed by atoms with Crippen molar-refractivity contribution in [1.29, 1.82) is 0 Å². The number of carbonyl (C=O) groups excluding carboxylic acids is 1. The first-order valence-corrected chi connectivity index (χ1v) is 11.6. The molecule has 0 aromatic heterocycles. The number of methoxy groups -OCH3 is 1. The number of hydrogen-bond acceptors (Lipinski definition) is 7. The Bertz CT molecular complexity index is 893. The van der Waals surface area contributed by atoms with Crippen LogP contribution in [-0.4, -0.2) is 46.4 Å². The first kappa shape index (κ1) is 23.9. The van der Waals surface area contributed by atoms with E-state index in [0.29, 0.717) is 26.0 Å². The van der Waals surface area contributed by atoms with Gasteiger partial charge in [-0.1, -0.05) is 30.3 Å². The zero-order valence-corrected chi connectivity index (χ0v) is 18.3. The fraction of sp³-hybridized carbons (Fsp3) is 0.409. The molecule has 0 fully saturated rings. The van der Waals surface area contributed by atoms with Gasteiger partial charge in [-0.3, -0.25) is 4.79 Å². The monoisotopic (exact) mass is 434 g/mol. The highest BCUT2D eigenvalue weighted by Gasteiger charge is 2.30. The smallest absolute Gasteiger partial charge is 0.306 e. The van der Waals surface area contributed by atoms with E-state index in [2.05, 4.69) is 5.32 Å². The zero-order chi connectivity index (χ0) is 22.0. The Morgan fingerprint density at radius 1 is 1.07 bits per heavy atom. The fourth-order valence-corrected chi connectivity index (χ4v) is 3.86. The molecule has 0 saturated heterocycles. The van der Waals surface area contributed by atoms with Crippen LogP contribution in [0.2, 0.25) is 0 Å². The maximum Gasteiger partial charge on any atom is 0.306 e. The van der Waals surface area contributed by atoms with E-state index >= 15 is 0 Å². The summed E-state index contributed by atoms with van der Waals surface area (Å²) < 4.78 is 34.1. The van der Waals surface area contributed by atoms with Gasteiger partial charge in [0.25, 0.3) is 0 Å². The molecule has 3 N–H and O–H groups in total. The summed E-state index contributed by atoms with van der Waals surface area (Å²) in [5, 5.41) is 3.39. The molecule has 0 spiro atoms. The molecule has 0 saturated carbocycles. The average Bonchev–Trinajstić information content (AvgIpc) is 2.72. The van der Waals surface area contributed by atoms with E-state index in [1.54, 1.807) is 31.4 Å². The summed E-state index contributed by atoms with van der Waals surface area (Å²) in [4.78, 5) is 12.5. The van der Waals surface area contributed by atoms with Gasteiger partial charge in [-0.2, -0.15) is 0 Å². The highest BCUT2D eigenvalue weighted by atomic mass is 32.2. The van der Waals surface area contributed by atoms with Crippen LogP contribution < -0.4 is 11.1 Å². The molecule has 0 radical (unpaired) electrons. The van der Waals surface area contributed by atoms with Crippen molar-refractivity contribution < 1.29 is 22.7 Å². The number of ether oxygens (including phenoxy) is 2. The van der Waals surface area contributed by atoms with Crippen LogP contribution in [0.3, 0.4) is 0 Å². The number of rotatable bonds is 12. The quantitative estimate of drug-likeness (QED) is 0.495. The highest BCUT2D eigenvalue weighted by molar-refractivity contribution is 7.90. The second-order valence-corrected chi connectivity index (χ2v) is 9.34. The number of hydrogen-bond donors (Lipinski definition) is 2. The fourth-order valence-electron chi connectivity index (χ4n) is 3.23. The molecular formula is C22H30N2O5S. The molecule has 0 bridgehead atoms. The average molecular weight is 435 g/mol. The molecular weight excluding hydrogens is 404 g/mol. The summed E-state index contributed by atoms with van der Waals surface area (Å²) in [7, 11) is -1.68. The van der Waals surface area contributed by atoms with Crippen molar-refractivity contribution in [2.75, 3.05) is 31.8 Å². The lowest BCUT2D eigenvalue weighted by Crippen LogP contribution is -2.45. The molecule has 0 aliphatic heterocycles. The predicted octanol–water partition coefficient (Wildman–Crippen LogP) is 2.76. The molecule has 8 heteroatoms. The highest BCUT2D eigenvalue weighted by Crippen LogP contribution is 2.26. The third-order valence-electron chi connectivity index (χ3n) is 4.79. The summed E-state index contributed by atoms with van der Waals surface area (Å²) in [5.41, 5.74) is 6.91. The first-order chi connectivity index (χ1) is 14.3. The molecule has 2 aromatic rings. The molecule has 7 nitrogen and oxygen atoms in total. The van der Waals surface area contributed by atoms with Crippen molar-refractivity contribution in [2.45, 2.75) is 36.3 Å². The van der Waals surface area contributed by atoms with Gasteiger partial charge in [-0.25, -0.2) is 8.42 Å². The molecule has 0 aliphatic rings. The number of nitrogens with two attached hydrogens (primary N) is 1. The molecule has 30 heavy (non-hydrogen) atoms. The van der Waals surface area contributed by atoms with Crippen LogP contribution >= 0.6 is 0 Å². The third-order valence-corrected chi connectivity index (χ3v) is 5.91. The summed E-state index contributed by atoms with van der Waals surface area (Å²) in [6.45, 7) is 0.967. The Hall–Kier alpha value is -2.42. The standard InChI is InChI=1S/C22H30N2O5S/c1-28-17-22(14-15-23,24-19-8-10-20(11-9-19)30(2,26)27)13-12-21(25)29-16-18-6-4-3-5-7-18/h3-11,24H,12-17,23H2,1-2H3. The number of anilines is 1. The summed E-state index contributed by atoms with van der Waals surface area (Å²) in [6, 6.07) is 16.0. The number of benzene rings is 2. The Morgan fingerprint density at radius 2 is 1.73 bits per heavy atom. The first-order valence-electron chi connectivity index (χ1n) is 9.75. The van der Waals surface area contributed by atoms with Gasteiger partial charge in [0, 0.05) is 25.5 Å². The molecule has 0 amide bonds. The minimum Gasteiger partial charge on any atom is -0.461 e. The van der Waals surface area contributed by atoms with E-state index in [9.17, 15) is 13.2 Å². The van der Waals surface area contributed by atoms with Crippen LogP contribution in [0.15, 0.2) is 59.5 Å². The lowest BCUT2D eigenvalue weighted by Gasteiger charge is -2.35. The Balaban J connectivity index is 2.05. The predicted molar refractivity (Wildman–Crippen MR) is 117 cm³/mol. The van der Waals surface area contributed by atoms with E-state index in [1.165, 1.54) is 6.26 Å². The SMILES string of the molecule is COCC(CCN)(CCC(=O)OCc1ccccc1)Nc1ccc(S(C)(=O)=O)cc1. The van der Waals surface area contributed by atoms with Crippen LogP contribution in [0.1, 0.15) is 24.8 Å². The van der Waals surface area contributed by atoms with Crippen molar-refractivity contribution >= 4 is 21.5 Å². The molecule has 2 aromatic carbocycles. The lowest BCUT2D eigenvalue weighted by atomic mass is 9.89. The van der Waals surface area contributed by atoms with Gasteiger partial charge in [-0.05, 0) is 49.2 Å². The summed E-state index contributed by atoms with van der Waals surface area (Å²) in [6.07, 6.45) is 2.39.